The Balaban J connectivity index is 1.62. The lowest BCUT2D eigenvalue weighted by Crippen LogP contribution is -2.46. The standard InChI is InChI=1S/C25H23ClF3N5OS/c1-2-33-7-9-34(10-8-33)24-31-23(35)22(36-24)19(15-4-6-21-17(11-15)14-30-32-21)12-16-3-5-18(26)13-20(16)25(27,28)29/h3-6,11,13-14,35H,2,7-10,12H2,1H3. The molecule has 1 saturated heterocycles. The van der Waals surface area contributed by atoms with E-state index < -0.39 is 11.7 Å². The molecule has 11 heteroatoms. The molecule has 3 heterocycles. The van der Waals surface area contributed by atoms with Crippen molar-refractivity contribution >= 4 is 39.9 Å². The fourth-order valence-electron chi connectivity index (χ4n) is 4.45. The average molecular weight is 534 g/mol. The number of hydrogen-bond acceptors (Lipinski definition) is 7. The summed E-state index contributed by atoms with van der Waals surface area (Å²) in [6.45, 7) is 6.39. The summed E-state index contributed by atoms with van der Waals surface area (Å²) in [7, 11) is 0. The van der Waals surface area contributed by atoms with Crippen molar-refractivity contribution in [3.63, 3.8) is 0 Å². The smallest absolute Gasteiger partial charge is 0.416 e. The van der Waals surface area contributed by atoms with E-state index in [9.17, 15) is 18.3 Å². The summed E-state index contributed by atoms with van der Waals surface area (Å²) in [5, 5.41) is 20.9. The molecular formula is C25H23ClF3N5OS. The minimum Gasteiger partial charge on any atom is -0.492 e. The van der Waals surface area contributed by atoms with Crippen molar-refractivity contribution in [1.82, 2.24) is 9.88 Å². The zero-order valence-corrected chi connectivity index (χ0v) is 21.0. The highest BCUT2D eigenvalue weighted by molar-refractivity contribution is 7.17. The molecule has 1 aromatic heterocycles. The molecule has 0 atom stereocenters. The number of thiazole rings is 1. The summed E-state index contributed by atoms with van der Waals surface area (Å²) in [4.78, 5) is 9.28. The number of halogens is 4. The molecule has 0 amide bonds. The van der Waals surface area contributed by atoms with Gasteiger partial charge in [0.1, 0.15) is 0 Å². The molecule has 0 radical (unpaired) electrons. The number of benzene rings is 2. The summed E-state index contributed by atoms with van der Waals surface area (Å²) in [6.07, 6.45) is -3.04. The minimum absolute atomic E-state index is 0.0112. The number of rotatable bonds is 5. The van der Waals surface area contributed by atoms with Crippen molar-refractivity contribution in [3.05, 3.63) is 73.6 Å². The van der Waals surface area contributed by atoms with Crippen LogP contribution in [0.15, 0.2) is 46.6 Å². The van der Waals surface area contributed by atoms with Crippen molar-refractivity contribution in [3.8, 4) is 5.88 Å². The maximum atomic E-state index is 13.9. The Labute approximate surface area is 214 Å². The molecule has 0 bridgehead atoms. The molecule has 0 aliphatic carbocycles. The first-order valence-electron chi connectivity index (χ1n) is 11.5. The minimum atomic E-state index is -4.57. The zero-order chi connectivity index (χ0) is 25.4. The van der Waals surface area contributed by atoms with Gasteiger partial charge >= 0.3 is 6.18 Å². The molecule has 3 aromatic rings. The molecule has 2 aromatic carbocycles. The van der Waals surface area contributed by atoms with Crippen molar-refractivity contribution in [2.75, 3.05) is 37.6 Å². The quantitative estimate of drug-likeness (QED) is 0.537. The Bertz CT molecular complexity index is 1440. The topological polar surface area (TPSA) is 64.3 Å². The van der Waals surface area contributed by atoms with Crippen molar-refractivity contribution < 1.29 is 18.3 Å². The van der Waals surface area contributed by atoms with Crippen LogP contribution in [0.2, 0.25) is 5.02 Å². The predicted octanol–water partition coefficient (Wildman–Crippen LogP) is 4.07. The lowest BCUT2D eigenvalue weighted by Gasteiger charge is -2.33. The van der Waals surface area contributed by atoms with E-state index >= 15 is 0 Å². The van der Waals surface area contributed by atoms with Gasteiger partial charge in [-0.2, -0.15) is 28.4 Å². The van der Waals surface area contributed by atoms with E-state index in [-0.39, 0.29) is 22.9 Å². The van der Waals surface area contributed by atoms with Gasteiger partial charge in [-0.15, -0.1) is 0 Å². The number of hydrogen-bond donors (Lipinski definition) is 1. The third-order valence-electron chi connectivity index (χ3n) is 6.44. The Hall–Kier alpha value is -2.95. The van der Waals surface area contributed by atoms with Gasteiger partial charge in [-0.05, 0) is 47.2 Å². The summed E-state index contributed by atoms with van der Waals surface area (Å²) < 4.78 is 41.6. The summed E-state index contributed by atoms with van der Waals surface area (Å²) >= 11 is 7.20. The SMILES string of the molecule is CCN1CCN(c2nc(O)c(C(Cc3ccc(Cl)cc3C(F)(F)F)=c3ccc4c(c3)C=NN=4)s2)CC1. The second-order valence-corrected chi connectivity index (χ2v) is 10.1. The van der Waals surface area contributed by atoms with Gasteiger partial charge < -0.3 is 14.9 Å². The number of alkyl halides is 3. The fourth-order valence-corrected chi connectivity index (χ4v) is 5.70. The number of aromatic nitrogens is 1. The second-order valence-electron chi connectivity index (χ2n) is 8.64. The van der Waals surface area contributed by atoms with Gasteiger partial charge in [-0.1, -0.05) is 42.0 Å². The van der Waals surface area contributed by atoms with Crippen LogP contribution in [0.1, 0.15) is 28.5 Å². The molecule has 0 saturated carbocycles. The lowest BCUT2D eigenvalue weighted by atomic mass is 9.96. The van der Waals surface area contributed by atoms with E-state index in [1.807, 2.05) is 6.07 Å². The molecule has 36 heavy (non-hydrogen) atoms. The Morgan fingerprint density at radius 3 is 2.61 bits per heavy atom. The molecule has 2 aliphatic heterocycles. The van der Waals surface area contributed by atoms with E-state index in [2.05, 4.69) is 31.9 Å². The van der Waals surface area contributed by atoms with E-state index in [1.165, 1.54) is 23.5 Å². The van der Waals surface area contributed by atoms with E-state index in [4.69, 9.17) is 11.6 Å². The third-order valence-corrected chi connectivity index (χ3v) is 7.85. The van der Waals surface area contributed by atoms with Gasteiger partial charge in [0, 0.05) is 43.2 Å². The lowest BCUT2D eigenvalue weighted by molar-refractivity contribution is -0.138. The first-order valence-corrected chi connectivity index (χ1v) is 12.7. The molecule has 188 valence electrons. The maximum absolute atomic E-state index is 13.9. The number of piperazine rings is 1. The van der Waals surface area contributed by atoms with E-state index in [0.717, 1.165) is 44.4 Å². The fraction of sp³-hybridized carbons (Fsp3) is 0.320. The summed E-state index contributed by atoms with van der Waals surface area (Å²) in [5.74, 6) is -0.190. The number of aromatic hydroxyl groups is 1. The van der Waals surface area contributed by atoms with Crippen LogP contribution in [0.25, 0.3) is 5.57 Å². The second kappa shape index (κ2) is 9.84. The number of nitrogens with zero attached hydrogens (tertiary/aromatic N) is 5. The molecule has 6 nitrogen and oxygen atoms in total. The Kier molecular flexibility index (Phi) is 6.76. The monoisotopic (exact) mass is 533 g/mol. The maximum Gasteiger partial charge on any atom is 0.416 e. The van der Waals surface area contributed by atoms with Crippen LogP contribution in [-0.2, 0) is 12.6 Å². The van der Waals surface area contributed by atoms with Crippen molar-refractivity contribution in [2.45, 2.75) is 19.5 Å². The van der Waals surface area contributed by atoms with E-state index in [1.54, 1.807) is 18.3 Å². The molecule has 2 aliphatic rings. The van der Waals surface area contributed by atoms with Gasteiger partial charge in [0.25, 0.3) is 0 Å². The highest BCUT2D eigenvalue weighted by Gasteiger charge is 2.34. The molecule has 1 N–H and O–H groups in total. The van der Waals surface area contributed by atoms with Gasteiger partial charge in [-0.3, -0.25) is 0 Å². The zero-order valence-electron chi connectivity index (χ0n) is 19.4. The van der Waals surface area contributed by atoms with Gasteiger partial charge in [0.2, 0.25) is 5.88 Å². The normalized spacial score (nSPS) is 16.8. The highest BCUT2D eigenvalue weighted by Crippen LogP contribution is 2.39. The summed E-state index contributed by atoms with van der Waals surface area (Å²) in [5.41, 5.74) is 0.563. The average Bonchev–Trinajstić information content (AvgIpc) is 3.48. The van der Waals surface area contributed by atoms with Crippen LogP contribution in [-0.4, -0.2) is 53.9 Å². The van der Waals surface area contributed by atoms with E-state index in [0.29, 0.717) is 26.2 Å². The van der Waals surface area contributed by atoms with Crippen LogP contribution in [0.3, 0.4) is 0 Å². The molecule has 5 rings (SSSR count). The van der Waals surface area contributed by atoms with Gasteiger partial charge in [-0.25, -0.2) is 0 Å². The highest BCUT2D eigenvalue weighted by atomic mass is 35.5. The molecular weight excluding hydrogens is 511 g/mol. The summed E-state index contributed by atoms with van der Waals surface area (Å²) in [6, 6.07) is 9.16. The van der Waals surface area contributed by atoms with Crippen LogP contribution in [0.5, 0.6) is 5.88 Å². The third kappa shape index (κ3) is 4.98. The predicted molar refractivity (Wildman–Crippen MR) is 136 cm³/mol. The Morgan fingerprint density at radius 1 is 1.11 bits per heavy atom. The van der Waals surface area contributed by atoms with Crippen molar-refractivity contribution in [2.24, 2.45) is 10.2 Å². The molecule has 1 fully saturated rings. The first kappa shape index (κ1) is 24.7. The van der Waals surface area contributed by atoms with Crippen molar-refractivity contribution in [1.29, 1.82) is 0 Å². The van der Waals surface area contributed by atoms with Crippen LogP contribution in [0, 0.1) is 0 Å². The Morgan fingerprint density at radius 2 is 1.89 bits per heavy atom. The van der Waals surface area contributed by atoms with Crippen LogP contribution >= 0.6 is 22.9 Å². The number of anilines is 1. The van der Waals surface area contributed by atoms with Gasteiger partial charge in [0.05, 0.1) is 22.0 Å². The largest absolute Gasteiger partial charge is 0.492 e. The first-order chi connectivity index (χ1) is 17.2. The molecule has 0 spiro atoms. The number of fused-ring (bicyclic) bond motifs is 1. The molecule has 0 unspecified atom stereocenters. The van der Waals surface area contributed by atoms with Gasteiger partial charge in [0.15, 0.2) is 5.13 Å². The van der Waals surface area contributed by atoms with Crippen LogP contribution < -0.4 is 15.5 Å². The van der Waals surface area contributed by atoms with Crippen LogP contribution in [0.4, 0.5) is 18.3 Å². The number of likely N-dealkylation sites (N-methyl/N-ethyl adjacent to an activating group) is 1.